The summed E-state index contributed by atoms with van der Waals surface area (Å²) in [5.74, 6) is 0. The van der Waals surface area contributed by atoms with E-state index in [2.05, 4.69) is 11.9 Å². The Bertz CT molecular complexity index is 297. The molecule has 1 aromatic heterocycles. The summed E-state index contributed by atoms with van der Waals surface area (Å²) >= 11 is 0. The second-order valence-corrected chi connectivity index (χ2v) is 2.46. The molecule has 0 saturated carbocycles. The molecule has 0 aliphatic rings. The highest BCUT2D eigenvalue weighted by Gasteiger charge is 1.97. The number of pyridine rings is 1. The lowest BCUT2D eigenvalue weighted by Crippen LogP contribution is -1.90. The van der Waals surface area contributed by atoms with Crippen LogP contribution >= 0.6 is 0 Å². The molecule has 0 spiro atoms. The molecule has 2 nitrogen and oxygen atoms in total. The molecule has 0 aliphatic heterocycles. The summed E-state index contributed by atoms with van der Waals surface area (Å²) in [7, 11) is 0. The van der Waals surface area contributed by atoms with E-state index < -0.39 is 0 Å². The molecule has 0 unspecified atom stereocenters. The van der Waals surface area contributed by atoms with Crippen LogP contribution in [0.2, 0.25) is 0 Å². The van der Waals surface area contributed by atoms with E-state index in [4.69, 9.17) is 5.26 Å². The highest BCUT2D eigenvalue weighted by atomic mass is 14.7. The van der Waals surface area contributed by atoms with Crippen LogP contribution in [0.25, 0.3) is 0 Å². The first-order chi connectivity index (χ1) is 5.27. The van der Waals surface area contributed by atoms with Gasteiger partial charge in [-0.1, -0.05) is 6.92 Å². The first-order valence-electron chi connectivity index (χ1n) is 3.63. The van der Waals surface area contributed by atoms with Gasteiger partial charge in [-0.3, -0.25) is 0 Å². The van der Waals surface area contributed by atoms with Crippen LogP contribution < -0.4 is 0 Å². The van der Waals surface area contributed by atoms with Crippen LogP contribution in [0.15, 0.2) is 12.3 Å². The van der Waals surface area contributed by atoms with E-state index >= 15 is 0 Å². The molecular formula is C9H10N2. The molecule has 0 fully saturated rings. The van der Waals surface area contributed by atoms with Crippen molar-refractivity contribution in [2.24, 2.45) is 0 Å². The molecular weight excluding hydrogens is 136 g/mol. The molecule has 0 aromatic carbocycles. The first-order valence-corrected chi connectivity index (χ1v) is 3.63. The van der Waals surface area contributed by atoms with Gasteiger partial charge in [-0.05, 0) is 30.5 Å². The normalized spacial score (nSPS) is 9.18. The molecule has 0 N–H and O–H groups in total. The third kappa shape index (κ3) is 1.56. The van der Waals surface area contributed by atoms with Crippen LogP contribution in [-0.2, 0) is 6.42 Å². The van der Waals surface area contributed by atoms with Crippen LogP contribution in [0.5, 0.6) is 0 Å². The van der Waals surface area contributed by atoms with E-state index in [1.807, 2.05) is 19.1 Å². The maximum absolute atomic E-state index is 8.51. The minimum absolute atomic E-state index is 0.500. The molecule has 0 aliphatic carbocycles. The van der Waals surface area contributed by atoms with Gasteiger partial charge in [0.25, 0.3) is 0 Å². The molecule has 0 atom stereocenters. The van der Waals surface area contributed by atoms with Crippen molar-refractivity contribution in [2.45, 2.75) is 20.3 Å². The lowest BCUT2D eigenvalue weighted by molar-refractivity contribution is 1.06. The predicted molar refractivity (Wildman–Crippen MR) is 43.1 cm³/mol. The second kappa shape index (κ2) is 3.16. The summed E-state index contributed by atoms with van der Waals surface area (Å²) in [4.78, 5) is 3.97. The molecule has 56 valence electrons. The lowest BCUT2D eigenvalue weighted by Gasteiger charge is -1.99. The SMILES string of the molecule is CCc1cnc(C#N)cc1C. The van der Waals surface area contributed by atoms with Crippen molar-refractivity contribution in [3.8, 4) is 6.07 Å². The van der Waals surface area contributed by atoms with Crippen LogP contribution in [0.4, 0.5) is 0 Å². The van der Waals surface area contributed by atoms with Crippen LogP contribution in [-0.4, -0.2) is 4.98 Å². The Morgan fingerprint density at radius 1 is 1.64 bits per heavy atom. The molecule has 0 saturated heterocycles. The zero-order chi connectivity index (χ0) is 8.27. The summed E-state index contributed by atoms with van der Waals surface area (Å²) in [6.45, 7) is 4.08. The van der Waals surface area contributed by atoms with Crippen LogP contribution in [0, 0.1) is 18.3 Å². The Labute approximate surface area is 66.5 Å². The fourth-order valence-electron chi connectivity index (χ4n) is 1.02. The smallest absolute Gasteiger partial charge is 0.140 e. The Morgan fingerprint density at radius 3 is 2.82 bits per heavy atom. The average Bonchev–Trinajstić information content (AvgIpc) is 2.04. The maximum Gasteiger partial charge on any atom is 0.140 e. The second-order valence-electron chi connectivity index (χ2n) is 2.46. The summed E-state index contributed by atoms with van der Waals surface area (Å²) < 4.78 is 0. The third-order valence-electron chi connectivity index (χ3n) is 1.71. The van der Waals surface area contributed by atoms with Gasteiger partial charge in [0.1, 0.15) is 11.8 Å². The number of hydrogen-bond acceptors (Lipinski definition) is 2. The number of rotatable bonds is 1. The first kappa shape index (κ1) is 7.74. The van der Waals surface area contributed by atoms with E-state index in [1.54, 1.807) is 6.20 Å². The van der Waals surface area contributed by atoms with E-state index in [-0.39, 0.29) is 0 Å². The zero-order valence-electron chi connectivity index (χ0n) is 6.76. The van der Waals surface area contributed by atoms with Crippen molar-refractivity contribution >= 4 is 0 Å². The van der Waals surface area contributed by atoms with E-state index in [1.165, 1.54) is 5.56 Å². The molecule has 1 rings (SSSR count). The van der Waals surface area contributed by atoms with Gasteiger partial charge >= 0.3 is 0 Å². The Balaban J connectivity index is 3.12. The highest BCUT2D eigenvalue weighted by molar-refractivity contribution is 5.30. The fourth-order valence-corrected chi connectivity index (χ4v) is 1.02. The standard InChI is InChI=1S/C9H10N2/c1-3-8-6-11-9(5-10)4-7(8)2/h4,6H,3H2,1-2H3. The van der Waals surface area contributed by atoms with Gasteiger partial charge in [-0.25, -0.2) is 4.98 Å². The van der Waals surface area contributed by atoms with Crippen molar-refractivity contribution in [2.75, 3.05) is 0 Å². The number of nitrogens with zero attached hydrogens (tertiary/aromatic N) is 2. The minimum atomic E-state index is 0.500. The molecule has 1 heterocycles. The van der Waals surface area contributed by atoms with Gasteiger partial charge < -0.3 is 0 Å². The number of nitriles is 1. The van der Waals surface area contributed by atoms with E-state index in [0.717, 1.165) is 12.0 Å². The number of aromatic nitrogens is 1. The quantitative estimate of drug-likeness (QED) is 0.606. The third-order valence-corrected chi connectivity index (χ3v) is 1.71. The highest BCUT2D eigenvalue weighted by Crippen LogP contribution is 2.07. The van der Waals surface area contributed by atoms with Gasteiger partial charge in [0, 0.05) is 6.20 Å². The van der Waals surface area contributed by atoms with E-state index in [9.17, 15) is 0 Å². The molecule has 0 radical (unpaired) electrons. The fraction of sp³-hybridized carbons (Fsp3) is 0.333. The van der Waals surface area contributed by atoms with Gasteiger partial charge in [-0.2, -0.15) is 5.26 Å². The average molecular weight is 146 g/mol. The predicted octanol–water partition coefficient (Wildman–Crippen LogP) is 1.82. The summed E-state index contributed by atoms with van der Waals surface area (Å²) in [6, 6.07) is 3.83. The van der Waals surface area contributed by atoms with Gasteiger partial charge in [0.2, 0.25) is 0 Å². The van der Waals surface area contributed by atoms with Gasteiger partial charge in [-0.15, -0.1) is 0 Å². The zero-order valence-corrected chi connectivity index (χ0v) is 6.76. The van der Waals surface area contributed by atoms with Crippen molar-refractivity contribution in [3.05, 3.63) is 29.1 Å². The molecule has 0 bridgehead atoms. The Hall–Kier alpha value is -1.36. The summed E-state index contributed by atoms with van der Waals surface area (Å²) in [5.41, 5.74) is 2.86. The van der Waals surface area contributed by atoms with Crippen molar-refractivity contribution in [1.82, 2.24) is 4.98 Å². The molecule has 2 heteroatoms. The largest absolute Gasteiger partial charge is 0.245 e. The summed E-state index contributed by atoms with van der Waals surface area (Å²) in [6.07, 6.45) is 2.75. The maximum atomic E-state index is 8.51. The van der Waals surface area contributed by atoms with E-state index in [0.29, 0.717) is 5.69 Å². The van der Waals surface area contributed by atoms with Crippen molar-refractivity contribution < 1.29 is 0 Å². The van der Waals surface area contributed by atoms with Gasteiger partial charge in [0.15, 0.2) is 0 Å². The monoisotopic (exact) mass is 146 g/mol. The summed E-state index contributed by atoms with van der Waals surface area (Å²) in [5, 5.41) is 8.51. The Morgan fingerprint density at radius 2 is 2.36 bits per heavy atom. The molecule has 1 aromatic rings. The van der Waals surface area contributed by atoms with Crippen LogP contribution in [0.1, 0.15) is 23.7 Å². The lowest BCUT2D eigenvalue weighted by atomic mass is 10.1. The van der Waals surface area contributed by atoms with Crippen LogP contribution in [0.3, 0.4) is 0 Å². The van der Waals surface area contributed by atoms with Crippen molar-refractivity contribution in [1.29, 1.82) is 5.26 Å². The van der Waals surface area contributed by atoms with Crippen molar-refractivity contribution in [3.63, 3.8) is 0 Å². The number of hydrogen-bond donors (Lipinski definition) is 0. The Kier molecular flexibility index (Phi) is 2.22. The molecule has 0 amide bonds. The minimum Gasteiger partial charge on any atom is -0.245 e. The topological polar surface area (TPSA) is 36.7 Å². The van der Waals surface area contributed by atoms with Gasteiger partial charge in [0.05, 0.1) is 0 Å². The number of aryl methyl sites for hydroxylation is 2. The molecule has 11 heavy (non-hydrogen) atoms.